The molecule has 4 heteroatoms. The molecule has 2 aromatic carbocycles. The van der Waals surface area contributed by atoms with Crippen molar-refractivity contribution in [2.24, 2.45) is 5.73 Å². The van der Waals surface area contributed by atoms with Crippen LogP contribution in [0.5, 0.6) is 0 Å². The van der Waals surface area contributed by atoms with Gasteiger partial charge in [0.2, 0.25) is 0 Å². The number of benzene rings is 2. The van der Waals surface area contributed by atoms with Gasteiger partial charge in [0, 0.05) is 19.6 Å². The highest BCUT2D eigenvalue weighted by Crippen LogP contribution is 2.22. The Labute approximate surface area is 137 Å². The van der Waals surface area contributed by atoms with E-state index in [2.05, 4.69) is 30.3 Å². The van der Waals surface area contributed by atoms with Gasteiger partial charge in [-0.2, -0.15) is 0 Å². The first-order chi connectivity index (χ1) is 11.2. The summed E-state index contributed by atoms with van der Waals surface area (Å²) in [5.41, 5.74) is 6.78. The first kappa shape index (κ1) is 16.0. The maximum atomic E-state index is 12.7. The van der Waals surface area contributed by atoms with Crippen LogP contribution in [0.25, 0.3) is 10.8 Å². The predicted molar refractivity (Wildman–Crippen MR) is 92.0 cm³/mol. The predicted octanol–water partition coefficient (Wildman–Crippen LogP) is 2.69. The van der Waals surface area contributed by atoms with Crippen molar-refractivity contribution in [1.82, 2.24) is 4.90 Å². The quantitative estimate of drug-likeness (QED) is 0.923. The summed E-state index contributed by atoms with van der Waals surface area (Å²) in [7, 11) is 0. The highest BCUT2D eigenvalue weighted by Gasteiger charge is 2.32. The minimum Gasteiger partial charge on any atom is -0.364 e. The Bertz CT molecular complexity index is 686. The molecule has 1 heterocycles. The summed E-state index contributed by atoms with van der Waals surface area (Å²) >= 11 is 0. The van der Waals surface area contributed by atoms with Gasteiger partial charge < -0.3 is 15.4 Å². The van der Waals surface area contributed by atoms with Gasteiger partial charge in [0.1, 0.15) is 6.10 Å². The molecule has 2 aromatic rings. The SMILES string of the molecule is CCN(Cc1ccc2ccccc2c1)C(=O)[C@@H]1CC[C@H](CN)O1. The molecule has 1 aliphatic rings. The van der Waals surface area contributed by atoms with E-state index in [0.717, 1.165) is 18.4 Å². The largest absolute Gasteiger partial charge is 0.364 e. The first-order valence-electron chi connectivity index (χ1n) is 8.33. The second-order valence-electron chi connectivity index (χ2n) is 6.09. The molecule has 0 bridgehead atoms. The van der Waals surface area contributed by atoms with Crippen molar-refractivity contribution in [3.8, 4) is 0 Å². The van der Waals surface area contributed by atoms with Crippen LogP contribution in [0, 0.1) is 0 Å². The maximum Gasteiger partial charge on any atom is 0.252 e. The molecule has 1 aliphatic heterocycles. The Morgan fingerprint density at radius 1 is 1.22 bits per heavy atom. The lowest BCUT2D eigenvalue weighted by Gasteiger charge is -2.24. The Morgan fingerprint density at radius 3 is 2.70 bits per heavy atom. The van der Waals surface area contributed by atoms with E-state index in [1.807, 2.05) is 24.0 Å². The average Bonchev–Trinajstić information content (AvgIpc) is 3.08. The van der Waals surface area contributed by atoms with Crippen molar-refractivity contribution in [3.05, 3.63) is 48.0 Å². The van der Waals surface area contributed by atoms with Gasteiger partial charge in [-0.05, 0) is 42.2 Å². The third-order valence-electron chi connectivity index (χ3n) is 4.53. The monoisotopic (exact) mass is 312 g/mol. The number of ether oxygens (including phenoxy) is 1. The summed E-state index contributed by atoms with van der Waals surface area (Å²) < 4.78 is 5.75. The summed E-state index contributed by atoms with van der Waals surface area (Å²) in [5, 5.41) is 2.42. The summed E-state index contributed by atoms with van der Waals surface area (Å²) in [6.45, 7) is 3.79. The smallest absolute Gasteiger partial charge is 0.252 e. The molecule has 3 rings (SSSR count). The van der Waals surface area contributed by atoms with Gasteiger partial charge in [-0.15, -0.1) is 0 Å². The lowest BCUT2D eigenvalue weighted by Crippen LogP contribution is -2.39. The number of nitrogens with two attached hydrogens (primary N) is 1. The van der Waals surface area contributed by atoms with Crippen LogP contribution in [0.15, 0.2) is 42.5 Å². The van der Waals surface area contributed by atoms with Crippen molar-refractivity contribution < 1.29 is 9.53 Å². The van der Waals surface area contributed by atoms with Gasteiger partial charge in [0.15, 0.2) is 0 Å². The normalized spacial score (nSPS) is 20.8. The molecule has 2 atom stereocenters. The highest BCUT2D eigenvalue weighted by molar-refractivity contribution is 5.84. The fourth-order valence-electron chi connectivity index (χ4n) is 3.17. The van der Waals surface area contributed by atoms with E-state index in [4.69, 9.17) is 10.5 Å². The standard InChI is InChI=1S/C19H24N2O2/c1-2-21(19(22)18-10-9-17(12-20)23-18)13-14-7-8-15-5-3-4-6-16(15)11-14/h3-8,11,17-18H,2,9-10,12-13,20H2,1H3/t17-,18+/m1/s1. The van der Waals surface area contributed by atoms with Crippen LogP contribution in [0.3, 0.4) is 0 Å². The minimum absolute atomic E-state index is 0.0309. The van der Waals surface area contributed by atoms with Crippen molar-refractivity contribution in [1.29, 1.82) is 0 Å². The molecule has 0 spiro atoms. The number of likely N-dealkylation sites (N-methyl/N-ethyl adjacent to an activating group) is 1. The molecule has 1 fully saturated rings. The van der Waals surface area contributed by atoms with Crippen LogP contribution in [-0.2, 0) is 16.1 Å². The molecule has 23 heavy (non-hydrogen) atoms. The van der Waals surface area contributed by atoms with Crippen LogP contribution in [0.1, 0.15) is 25.3 Å². The number of fused-ring (bicyclic) bond motifs is 1. The second-order valence-corrected chi connectivity index (χ2v) is 6.09. The molecule has 0 saturated carbocycles. The van der Waals surface area contributed by atoms with Gasteiger partial charge in [0.05, 0.1) is 6.10 Å². The number of carbonyl (C=O) groups excluding carboxylic acids is 1. The molecule has 2 N–H and O–H groups in total. The third kappa shape index (κ3) is 3.54. The van der Waals surface area contributed by atoms with E-state index < -0.39 is 0 Å². The van der Waals surface area contributed by atoms with E-state index in [1.54, 1.807) is 0 Å². The Kier molecular flexibility index (Phi) is 4.94. The second kappa shape index (κ2) is 7.11. The van der Waals surface area contributed by atoms with Crippen LogP contribution in [-0.4, -0.2) is 36.1 Å². The first-order valence-corrected chi connectivity index (χ1v) is 8.33. The number of amides is 1. The van der Waals surface area contributed by atoms with Crippen LogP contribution in [0.2, 0.25) is 0 Å². The number of carbonyl (C=O) groups is 1. The molecule has 122 valence electrons. The topological polar surface area (TPSA) is 55.6 Å². The van der Waals surface area contributed by atoms with E-state index in [9.17, 15) is 4.79 Å². The van der Waals surface area contributed by atoms with Crippen LogP contribution < -0.4 is 5.73 Å². The molecule has 0 unspecified atom stereocenters. The molecular formula is C19H24N2O2. The molecule has 1 amide bonds. The van der Waals surface area contributed by atoms with E-state index >= 15 is 0 Å². The highest BCUT2D eigenvalue weighted by atomic mass is 16.5. The fraction of sp³-hybridized carbons (Fsp3) is 0.421. The van der Waals surface area contributed by atoms with Gasteiger partial charge in [-0.25, -0.2) is 0 Å². The summed E-state index contributed by atoms with van der Waals surface area (Å²) in [6.07, 6.45) is 1.35. The fourth-order valence-corrected chi connectivity index (χ4v) is 3.17. The van der Waals surface area contributed by atoms with E-state index in [1.165, 1.54) is 10.8 Å². The zero-order valence-electron chi connectivity index (χ0n) is 13.6. The lowest BCUT2D eigenvalue weighted by molar-refractivity contribution is -0.143. The van der Waals surface area contributed by atoms with E-state index in [0.29, 0.717) is 19.6 Å². The number of nitrogens with zero attached hydrogens (tertiary/aromatic N) is 1. The molecule has 0 aliphatic carbocycles. The van der Waals surface area contributed by atoms with Gasteiger partial charge in [0.25, 0.3) is 5.91 Å². The summed E-state index contributed by atoms with van der Waals surface area (Å²) in [6, 6.07) is 14.6. The zero-order chi connectivity index (χ0) is 16.2. The average molecular weight is 312 g/mol. The van der Waals surface area contributed by atoms with Gasteiger partial charge in [-0.3, -0.25) is 4.79 Å². The van der Waals surface area contributed by atoms with Crippen molar-refractivity contribution in [2.75, 3.05) is 13.1 Å². The molecular weight excluding hydrogens is 288 g/mol. The lowest BCUT2D eigenvalue weighted by atomic mass is 10.1. The summed E-state index contributed by atoms with van der Waals surface area (Å²) in [5.74, 6) is 0.0802. The molecule has 0 radical (unpaired) electrons. The van der Waals surface area contributed by atoms with Crippen molar-refractivity contribution >= 4 is 16.7 Å². The van der Waals surface area contributed by atoms with Crippen LogP contribution in [0.4, 0.5) is 0 Å². The van der Waals surface area contributed by atoms with Crippen molar-refractivity contribution in [2.45, 2.75) is 38.5 Å². The maximum absolute atomic E-state index is 12.7. The van der Waals surface area contributed by atoms with E-state index in [-0.39, 0.29) is 18.1 Å². The van der Waals surface area contributed by atoms with Gasteiger partial charge in [-0.1, -0.05) is 36.4 Å². The van der Waals surface area contributed by atoms with Crippen LogP contribution >= 0.6 is 0 Å². The minimum atomic E-state index is -0.330. The third-order valence-corrected chi connectivity index (χ3v) is 4.53. The van der Waals surface area contributed by atoms with Gasteiger partial charge >= 0.3 is 0 Å². The Morgan fingerprint density at radius 2 is 2.00 bits per heavy atom. The molecule has 4 nitrogen and oxygen atoms in total. The summed E-state index contributed by atoms with van der Waals surface area (Å²) in [4.78, 5) is 14.5. The molecule has 0 aromatic heterocycles. The molecule has 1 saturated heterocycles. The number of hydrogen-bond acceptors (Lipinski definition) is 3. The number of hydrogen-bond donors (Lipinski definition) is 1. The number of rotatable bonds is 5. The Hall–Kier alpha value is -1.91. The van der Waals surface area contributed by atoms with Crippen molar-refractivity contribution in [3.63, 3.8) is 0 Å². The zero-order valence-corrected chi connectivity index (χ0v) is 13.6. The Balaban J connectivity index is 1.71.